The molecular weight excluding hydrogens is 288 g/mol. The van der Waals surface area contributed by atoms with Crippen LogP contribution >= 0.6 is 0 Å². The molecule has 0 radical (unpaired) electrons. The van der Waals surface area contributed by atoms with Crippen LogP contribution < -0.4 is 5.32 Å². The van der Waals surface area contributed by atoms with Crippen molar-refractivity contribution in [2.45, 2.75) is 12.5 Å². The van der Waals surface area contributed by atoms with Crippen LogP contribution in [0.2, 0.25) is 0 Å². The molecule has 0 saturated carbocycles. The largest absolute Gasteiger partial charge is 0.384 e. The van der Waals surface area contributed by atoms with Crippen LogP contribution in [0.15, 0.2) is 36.5 Å². The van der Waals surface area contributed by atoms with Crippen molar-refractivity contribution in [1.29, 1.82) is 0 Å². The Kier molecular flexibility index (Phi) is 4.22. The lowest BCUT2D eigenvalue weighted by Gasteiger charge is -2.24. The molecule has 0 aliphatic carbocycles. The molecule has 1 amide bonds. The Hall–Kier alpha value is -2.74. The summed E-state index contributed by atoms with van der Waals surface area (Å²) in [5.74, 6) is -0.664. The molecule has 1 unspecified atom stereocenters. The summed E-state index contributed by atoms with van der Waals surface area (Å²) in [6.07, 6.45) is 1.02. The molecule has 0 fully saturated rings. The third kappa shape index (κ3) is 3.12. The summed E-state index contributed by atoms with van der Waals surface area (Å²) in [6.45, 7) is 1.47. The maximum absolute atomic E-state index is 12.1. The Bertz CT molecular complexity index is 694. The first-order valence-corrected chi connectivity index (χ1v) is 6.55. The molecule has 8 heteroatoms. The van der Waals surface area contributed by atoms with E-state index in [2.05, 4.69) is 10.4 Å². The molecule has 1 aromatic heterocycles. The zero-order valence-electron chi connectivity index (χ0n) is 12.2. The summed E-state index contributed by atoms with van der Waals surface area (Å²) < 4.78 is 1.13. The van der Waals surface area contributed by atoms with E-state index in [1.54, 1.807) is 31.2 Å². The zero-order valence-corrected chi connectivity index (χ0v) is 12.2. The summed E-state index contributed by atoms with van der Waals surface area (Å²) in [7, 11) is 1.44. The van der Waals surface area contributed by atoms with Gasteiger partial charge in [-0.1, -0.05) is 30.3 Å². The molecule has 1 atom stereocenters. The number of hydrogen-bond acceptors (Lipinski definition) is 5. The number of nitrogens with one attached hydrogen (secondary N) is 1. The molecule has 0 aliphatic rings. The fourth-order valence-corrected chi connectivity index (χ4v) is 2.06. The minimum Gasteiger partial charge on any atom is -0.384 e. The topological polar surface area (TPSA) is 110 Å². The van der Waals surface area contributed by atoms with Crippen LogP contribution in [0, 0.1) is 10.1 Å². The van der Waals surface area contributed by atoms with Gasteiger partial charge >= 0.3 is 5.69 Å². The van der Waals surface area contributed by atoms with Crippen molar-refractivity contribution in [3.8, 4) is 0 Å². The van der Waals surface area contributed by atoms with Gasteiger partial charge in [0.2, 0.25) is 5.69 Å². The fourth-order valence-electron chi connectivity index (χ4n) is 2.06. The molecule has 0 saturated heterocycles. The highest BCUT2D eigenvalue weighted by atomic mass is 16.6. The number of nitrogens with zero attached hydrogens (tertiary/aromatic N) is 3. The minimum atomic E-state index is -1.29. The van der Waals surface area contributed by atoms with Crippen LogP contribution in [-0.2, 0) is 12.6 Å². The van der Waals surface area contributed by atoms with Crippen molar-refractivity contribution in [2.75, 3.05) is 6.54 Å². The summed E-state index contributed by atoms with van der Waals surface area (Å²) in [4.78, 5) is 22.4. The van der Waals surface area contributed by atoms with Gasteiger partial charge in [0.25, 0.3) is 5.91 Å². The number of aliphatic hydroxyl groups is 1. The van der Waals surface area contributed by atoms with E-state index in [-0.39, 0.29) is 17.9 Å². The fraction of sp³-hybridized carbons (Fsp3) is 0.286. The summed E-state index contributed by atoms with van der Waals surface area (Å²) in [5, 5.41) is 27.5. The highest BCUT2D eigenvalue weighted by Gasteiger charge is 2.28. The number of aromatic nitrogens is 2. The van der Waals surface area contributed by atoms with E-state index in [0.29, 0.717) is 5.56 Å². The lowest BCUT2D eigenvalue weighted by Crippen LogP contribution is -2.39. The normalized spacial score (nSPS) is 13.4. The van der Waals surface area contributed by atoms with Crippen LogP contribution in [0.1, 0.15) is 23.0 Å². The number of carbonyl (C=O) groups excluding carboxylic acids is 1. The van der Waals surface area contributed by atoms with Gasteiger partial charge < -0.3 is 10.4 Å². The van der Waals surface area contributed by atoms with Gasteiger partial charge in [-0.05, 0) is 12.5 Å². The summed E-state index contributed by atoms with van der Waals surface area (Å²) >= 11 is 0. The van der Waals surface area contributed by atoms with Gasteiger partial charge in [-0.15, -0.1) is 0 Å². The maximum Gasteiger partial charge on any atom is 0.320 e. The van der Waals surface area contributed by atoms with Gasteiger partial charge in [0.05, 0.1) is 11.5 Å². The predicted molar refractivity (Wildman–Crippen MR) is 78.2 cm³/mol. The number of rotatable bonds is 5. The Balaban J connectivity index is 2.14. The van der Waals surface area contributed by atoms with E-state index in [0.717, 1.165) is 10.9 Å². The van der Waals surface area contributed by atoms with Crippen LogP contribution in [-0.4, -0.2) is 32.3 Å². The van der Waals surface area contributed by atoms with Crippen molar-refractivity contribution >= 4 is 11.6 Å². The predicted octanol–water partition coefficient (Wildman–Crippen LogP) is 0.966. The second kappa shape index (κ2) is 5.94. The molecule has 116 valence electrons. The van der Waals surface area contributed by atoms with Crippen molar-refractivity contribution in [2.24, 2.45) is 7.05 Å². The molecule has 2 N–H and O–H groups in total. The molecular formula is C14H16N4O4. The van der Waals surface area contributed by atoms with Gasteiger partial charge in [0, 0.05) is 7.05 Å². The number of nitro groups is 1. The van der Waals surface area contributed by atoms with Crippen molar-refractivity contribution in [3.63, 3.8) is 0 Å². The van der Waals surface area contributed by atoms with Crippen molar-refractivity contribution < 1.29 is 14.8 Å². The summed E-state index contributed by atoms with van der Waals surface area (Å²) in [5.41, 5.74) is -1.19. The molecule has 2 rings (SSSR count). The average molecular weight is 304 g/mol. The second-order valence-electron chi connectivity index (χ2n) is 5.08. The third-order valence-corrected chi connectivity index (χ3v) is 3.32. The molecule has 0 bridgehead atoms. The monoisotopic (exact) mass is 304 g/mol. The third-order valence-electron chi connectivity index (χ3n) is 3.32. The van der Waals surface area contributed by atoms with Crippen LogP contribution in [0.4, 0.5) is 5.69 Å². The SMILES string of the molecule is Cn1ncc([N+](=O)[O-])c1C(=O)NCC(C)(O)c1ccccc1. The van der Waals surface area contributed by atoms with E-state index < -0.39 is 16.4 Å². The van der Waals surface area contributed by atoms with Crippen molar-refractivity contribution in [3.05, 3.63) is 57.9 Å². The first kappa shape index (κ1) is 15.6. The Morgan fingerprint density at radius 2 is 2.09 bits per heavy atom. The Morgan fingerprint density at radius 3 is 2.68 bits per heavy atom. The zero-order chi connectivity index (χ0) is 16.3. The minimum absolute atomic E-state index is 0.0851. The van der Waals surface area contributed by atoms with Crippen LogP contribution in [0.5, 0.6) is 0 Å². The molecule has 22 heavy (non-hydrogen) atoms. The first-order valence-electron chi connectivity index (χ1n) is 6.55. The molecule has 8 nitrogen and oxygen atoms in total. The number of amides is 1. The highest BCUT2D eigenvalue weighted by Crippen LogP contribution is 2.20. The standard InChI is InChI=1S/C14H16N4O4/c1-14(20,10-6-4-3-5-7-10)9-15-13(19)12-11(18(21)22)8-16-17(12)2/h3-8,20H,9H2,1-2H3,(H,15,19). The molecule has 1 aromatic carbocycles. The van der Waals surface area contributed by atoms with Crippen LogP contribution in [0.25, 0.3) is 0 Å². The number of hydrogen-bond donors (Lipinski definition) is 2. The van der Waals surface area contributed by atoms with Gasteiger partial charge in [-0.3, -0.25) is 19.6 Å². The maximum atomic E-state index is 12.1. The number of aryl methyl sites for hydroxylation is 1. The number of benzene rings is 1. The van der Waals surface area contributed by atoms with E-state index in [1.807, 2.05) is 6.07 Å². The first-order chi connectivity index (χ1) is 10.3. The Labute approximate surface area is 126 Å². The lowest BCUT2D eigenvalue weighted by molar-refractivity contribution is -0.385. The molecule has 1 heterocycles. The van der Waals surface area contributed by atoms with Gasteiger partial charge in [-0.2, -0.15) is 5.10 Å². The molecule has 0 spiro atoms. The van der Waals surface area contributed by atoms with Crippen LogP contribution in [0.3, 0.4) is 0 Å². The van der Waals surface area contributed by atoms with E-state index in [1.165, 1.54) is 7.05 Å². The Morgan fingerprint density at radius 1 is 1.45 bits per heavy atom. The number of carbonyl (C=O) groups is 1. The quantitative estimate of drug-likeness (QED) is 0.631. The second-order valence-corrected chi connectivity index (χ2v) is 5.08. The van der Waals surface area contributed by atoms with Gasteiger partial charge in [0.15, 0.2) is 0 Å². The summed E-state index contributed by atoms with van der Waals surface area (Å²) in [6, 6.07) is 8.84. The van der Waals surface area contributed by atoms with Gasteiger partial charge in [-0.25, -0.2) is 0 Å². The molecule has 2 aromatic rings. The smallest absolute Gasteiger partial charge is 0.320 e. The van der Waals surface area contributed by atoms with E-state index >= 15 is 0 Å². The average Bonchev–Trinajstić information content (AvgIpc) is 2.88. The molecule has 0 aliphatic heterocycles. The van der Waals surface area contributed by atoms with E-state index in [4.69, 9.17) is 0 Å². The van der Waals surface area contributed by atoms with E-state index in [9.17, 15) is 20.0 Å². The lowest BCUT2D eigenvalue weighted by atomic mass is 9.96. The highest BCUT2D eigenvalue weighted by molar-refractivity contribution is 5.96. The van der Waals surface area contributed by atoms with Gasteiger partial charge in [0.1, 0.15) is 11.8 Å². The van der Waals surface area contributed by atoms with Crippen molar-refractivity contribution in [1.82, 2.24) is 15.1 Å².